The molecule has 7 nitrogen and oxygen atoms in total. The molecule has 0 rings (SSSR count). The zero-order valence-corrected chi connectivity index (χ0v) is 10.6. The van der Waals surface area contributed by atoms with E-state index in [1.807, 2.05) is 0 Å². The Morgan fingerprint density at radius 1 is 0.714 bits per heavy atom. The third-order valence-corrected chi connectivity index (χ3v) is 0. The molecule has 0 amide bonds. The van der Waals surface area contributed by atoms with E-state index in [0.29, 0.717) is 0 Å². The van der Waals surface area contributed by atoms with Gasteiger partial charge >= 0.3 is 0 Å². The molecule has 0 radical (unpaired) electrons. The second kappa shape index (κ2) is 23.0. The van der Waals surface area contributed by atoms with Crippen LogP contribution in [0.25, 0.3) is 0 Å². The molecule has 14 heavy (non-hydrogen) atoms. The molecular weight excluding hydrogens is 334 g/mol. The minimum Gasteiger partial charge on any atom is -0.481 e. The van der Waals surface area contributed by atoms with E-state index in [1.165, 1.54) is 0 Å². The smallest absolute Gasteiger partial charge is 0.300 e. The number of carboxylic acids is 3. The first kappa shape index (κ1) is 29.2. The summed E-state index contributed by atoms with van der Waals surface area (Å²) in [6, 6.07) is 0. The van der Waals surface area contributed by atoms with Gasteiger partial charge in [-0.15, -0.1) is 0 Å². The second-order valence-electron chi connectivity index (χ2n) is 1.56. The molecule has 86 valence electrons. The van der Waals surface area contributed by atoms with E-state index in [2.05, 4.69) is 0 Å². The van der Waals surface area contributed by atoms with Crippen LogP contribution >= 0.6 is 0 Å². The van der Waals surface area contributed by atoms with Crippen molar-refractivity contribution in [3.63, 3.8) is 0 Å². The molecule has 0 aromatic heterocycles. The quantitative estimate of drug-likeness (QED) is 0.536. The van der Waals surface area contributed by atoms with E-state index in [4.69, 9.17) is 29.7 Å². The molecule has 0 atom stereocenters. The number of aliphatic carboxylic acids is 3. The third kappa shape index (κ3) is 15700. The van der Waals surface area contributed by atoms with Gasteiger partial charge < -0.3 is 20.8 Å². The van der Waals surface area contributed by atoms with E-state index < -0.39 is 17.9 Å². The molecular formula is C6H14O7Sm. The predicted molar refractivity (Wildman–Crippen MR) is 43.5 cm³/mol. The molecule has 0 aliphatic rings. The van der Waals surface area contributed by atoms with Crippen LogP contribution in [0.3, 0.4) is 0 Å². The van der Waals surface area contributed by atoms with E-state index in [0.717, 1.165) is 20.8 Å². The van der Waals surface area contributed by atoms with Crippen molar-refractivity contribution in [2.75, 3.05) is 0 Å². The van der Waals surface area contributed by atoms with Gasteiger partial charge in [-0.3, -0.25) is 14.4 Å². The third-order valence-electron chi connectivity index (χ3n) is 0. The predicted octanol–water partition coefficient (Wildman–Crippen LogP) is -0.552. The van der Waals surface area contributed by atoms with Gasteiger partial charge in [-0.05, 0) is 0 Å². The molecule has 0 unspecified atom stereocenters. The van der Waals surface area contributed by atoms with Gasteiger partial charge in [-0.1, -0.05) is 0 Å². The first-order chi connectivity index (χ1) is 5.20. The van der Waals surface area contributed by atoms with Gasteiger partial charge in [0.15, 0.2) is 0 Å². The van der Waals surface area contributed by atoms with Crippen LogP contribution in [-0.4, -0.2) is 38.7 Å². The Hall–Kier alpha value is -0.292. The van der Waals surface area contributed by atoms with Crippen LogP contribution in [-0.2, 0) is 14.4 Å². The molecule has 0 aromatic carbocycles. The van der Waals surface area contributed by atoms with Crippen LogP contribution in [0.2, 0.25) is 0 Å². The SMILES string of the molecule is CC(=O)O.CC(=O)O.CC(=O)O.O.[Sm]. The van der Waals surface area contributed by atoms with Crippen molar-refractivity contribution in [2.45, 2.75) is 20.8 Å². The maximum absolute atomic E-state index is 9.00. The fourth-order valence-corrected chi connectivity index (χ4v) is 0. The Morgan fingerprint density at radius 2 is 0.714 bits per heavy atom. The number of carboxylic acid groups (broad SMARTS) is 3. The van der Waals surface area contributed by atoms with Crippen molar-refractivity contribution in [3.05, 3.63) is 0 Å². The van der Waals surface area contributed by atoms with Crippen LogP contribution in [0.5, 0.6) is 0 Å². The molecule has 5 N–H and O–H groups in total. The van der Waals surface area contributed by atoms with Crippen molar-refractivity contribution in [1.82, 2.24) is 0 Å². The standard InChI is InChI=1S/3C2H4O2.H2O.Sm/c3*1-2(3)4;;/h3*1H3,(H,3,4);1H2;. The second-order valence-corrected chi connectivity index (χ2v) is 1.56. The minimum atomic E-state index is -0.833. The van der Waals surface area contributed by atoms with E-state index >= 15 is 0 Å². The summed E-state index contributed by atoms with van der Waals surface area (Å²) in [5, 5.41) is 22.2. The average Bonchev–Trinajstić information content (AvgIpc) is 1.54. The Labute approximate surface area is 114 Å². The summed E-state index contributed by atoms with van der Waals surface area (Å²) < 4.78 is 0. The average molecular weight is 349 g/mol. The number of hydrogen-bond acceptors (Lipinski definition) is 3. The molecule has 0 saturated carbocycles. The summed E-state index contributed by atoms with van der Waals surface area (Å²) in [5.41, 5.74) is 0. The van der Waals surface area contributed by atoms with Crippen LogP contribution in [0, 0.1) is 40.4 Å². The van der Waals surface area contributed by atoms with Crippen LogP contribution in [0.1, 0.15) is 20.8 Å². The van der Waals surface area contributed by atoms with E-state index in [9.17, 15) is 0 Å². The minimum absolute atomic E-state index is 0. The van der Waals surface area contributed by atoms with Gasteiger partial charge in [0.05, 0.1) is 0 Å². The Balaban J connectivity index is -0.0000000270. The summed E-state index contributed by atoms with van der Waals surface area (Å²) in [6.45, 7) is 3.25. The van der Waals surface area contributed by atoms with E-state index in [1.54, 1.807) is 0 Å². The molecule has 0 spiro atoms. The van der Waals surface area contributed by atoms with Crippen LogP contribution in [0.4, 0.5) is 0 Å². The topological polar surface area (TPSA) is 143 Å². The van der Waals surface area contributed by atoms with Crippen molar-refractivity contribution in [1.29, 1.82) is 0 Å². The van der Waals surface area contributed by atoms with Gasteiger partial charge in [-0.25, -0.2) is 0 Å². The van der Waals surface area contributed by atoms with E-state index in [-0.39, 0.29) is 45.9 Å². The Bertz CT molecular complexity index is 116. The van der Waals surface area contributed by atoms with Gasteiger partial charge in [0, 0.05) is 61.2 Å². The van der Waals surface area contributed by atoms with Crippen molar-refractivity contribution >= 4 is 17.9 Å². The molecule has 0 bridgehead atoms. The fraction of sp³-hybridized carbons (Fsp3) is 0.500. The summed E-state index contributed by atoms with van der Waals surface area (Å²) >= 11 is 0. The summed E-state index contributed by atoms with van der Waals surface area (Å²) in [7, 11) is 0. The molecule has 0 saturated heterocycles. The molecule has 0 aromatic rings. The summed E-state index contributed by atoms with van der Waals surface area (Å²) in [5.74, 6) is -2.50. The summed E-state index contributed by atoms with van der Waals surface area (Å²) in [6.07, 6.45) is 0. The Kier molecular flexibility index (Phi) is 47.9. The van der Waals surface area contributed by atoms with Crippen molar-refractivity contribution in [3.8, 4) is 0 Å². The van der Waals surface area contributed by atoms with Crippen LogP contribution < -0.4 is 0 Å². The number of rotatable bonds is 0. The molecule has 0 fully saturated rings. The molecule has 0 aliphatic carbocycles. The molecule has 0 aliphatic heterocycles. The number of carbonyl (C=O) groups is 3. The first-order valence-electron chi connectivity index (χ1n) is 2.78. The largest absolute Gasteiger partial charge is 0.481 e. The van der Waals surface area contributed by atoms with Gasteiger partial charge in [0.25, 0.3) is 17.9 Å². The normalized spacial score (nSPS) is 5.36. The maximum atomic E-state index is 9.00. The molecule has 0 heterocycles. The zero-order chi connectivity index (χ0) is 10.7. The fourth-order valence-electron chi connectivity index (χ4n) is 0. The maximum Gasteiger partial charge on any atom is 0.300 e. The van der Waals surface area contributed by atoms with Gasteiger partial charge in [0.1, 0.15) is 0 Å². The van der Waals surface area contributed by atoms with Gasteiger partial charge in [0.2, 0.25) is 0 Å². The van der Waals surface area contributed by atoms with Crippen molar-refractivity contribution in [2.24, 2.45) is 0 Å². The molecule has 8 heteroatoms. The zero-order valence-electron chi connectivity index (χ0n) is 7.97. The summed E-state index contributed by atoms with van der Waals surface area (Å²) in [4.78, 5) is 27.0. The number of hydrogen-bond donors (Lipinski definition) is 3. The van der Waals surface area contributed by atoms with Gasteiger partial charge in [-0.2, -0.15) is 0 Å². The Morgan fingerprint density at radius 3 is 0.714 bits per heavy atom. The van der Waals surface area contributed by atoms with Crippen molar-refractivity contribution < 1.29 is 75.6 Å². The first-order valence-corrected chi connectivity index (χ1v) is 2.78. The van der Waals surface area contributed by atoms with Crippen LogP contribution in [0.15, 0.2) is 0 Å². The monoisotopic (exact) mass is 350 g/mol.